The number of allylic oxidation sites excluding steroid dienone is 10. The molecule has 2 heteroatoms. The molecule has 4 aliphatic rings. The number of anilines is 2. The summed E-state index contributed by atoms with van der Waals surface area (Å²) in [5.74, 6) is 0. The molecule has 0 fully saturated rings. The van der Waals surface area contributed by atoms with Crippen LogP contribution in [0.5, 0.6) is 0 Å². The first-order valence-electron chi connectivity index (χ1n) is 11.8. The van der Waals surface area contributed by atoms with Crippen molar-refractivity contribution in [3.8, 4) is 0 Å². The Morgan fingerprint density at radius 3 is 1.50 bits per heavy atom. The summed E-state index contributed by atoms with van der Waals surface area (Å²) in [5.41, 5.74) is 13.8. The lowest BCUT2D eigenvalue weighted by molar-refractivity contribution is 0.921. The number of rotatable bonds is 3. The Hall–Kier alpha value is -3.52. The van der Waals surface area contributed by atoms with Crippen LogP contribution >= 0.6 is 0 Å². The maximum Gasteiger partial charge on any atom is 0.0490 e. The molecule has 0 radical (unpaired) electrons. The average molecular weight is 417 g/mol. The monoisotopic (exact) mass is 416 g/mol. The molecule has 0 saturated carbocycles. The molecular weight excluding hydrogens is 388 g/mol. The van der Waals surface area contributed by atoms with E-state index in [9.17, 15) is 0 Å². The molecule has 0 amide bonds. The Morgan fingerprint density at radius 2 is 1.06 bits per heavy atom. The van der Waals surface area contributed by atoms with Crippen LogP contribution < -0.4 is 9.80 Å². The maximum absolute atomic E-state index is 2.48. The molecule has 0 atom stereocenters. The van der Waals surface area contributed by atoms with Crippen molar-refractivity contribution in [1.29, 1.82) is 0 Å². The van der Waals surface area contributed by atoms with Crippen molar-refractivity contribution >= 4 is 22.5 Å². The highest BCUT2D eigenvalue weighted by Gasteiger charge is 2.35. The van der Waals surface area contributed by atoms with Crippen molar-refractivity contribution in [1.82, 2.24) is 0 Å². The molecule has 0 aromatic heterocycles. The van der Waals surface area contributed by atoms with E-state index in [2.05, 4.69) is 109 Å². The van der Waals surface area contributed by atoms with Crippen LogP contribution in [0.25, 0.3) is 11.1 Å². The third-order valence-electron chi connectivity index (χ3n) is 7.04. The first-order valence-corrected chi connectivity index (χ1v) is 11.8. The third kappa shape index (κ3) is 2.65. The molecule has 2 nitrogen and oxygen atoms in total. The number of likely N-dealkylation sites (N-methyl/N-ethyl adjacent to an activating group) is 2. The number of benzene rings is 2. The lowest BCUT2D eigenvalue weighted by atomic mass is 9.76. The van der Waals surface area contributed by atoms with Gasteiger partial charge in [0.2, 0.25) is 0 Å². The van der Waals surface area contributed by atoms with Crippen LogP contribution in [0, 0.1) is 0 Å². The van der Waals surface area contributed by atoms with Crippen molar-refractivity contribution in [2.45, 2.75) is 26.7 Å². The van der Waals surface area contributed by atoms with Crippen molar-refractivity contribution in [2.24, 2.45) is 0 Å². The summed E-state index contributed by atoms with van der Waals surface area (Å²) in [6.07, 6.45) is 15.6. The highest BCUT2D eigenvalue weighted by Crippen LogP contribution is 2.53. The van der Waals surface area contributed by atoms with Gasteiger partial charge in [0, 0.05) is 47.0 Å². The van der Waals surface area contributed by atoms with Gasteiger partial charge in [0.25, 0.3) is 0 Å². The van der Waals surface area contributed by atoms with E-state index in [0.717, 1.165) is 25.9 Å². The number of para-hydroxylation sites is 2. The summed E-state index contributed by atoms with van der Waals surface area (Å²) in [5, 5.41) is 0. The van der Waals surface area contributed by atoms with E-state index in [0.29, 0.717) is 0 Å². The van der Waals surface area contributed by atoms with E-state index in [-0.39, 0.29) is 0 Å². The van der Waals surface area contributed by atoms with Gasteiger partial charge in [0.05, 0.1) is 0 Å². The average Bonchev–Trinajstić information content (AvgIpc) is 2.86. The van der Waals surface area contributed by atoms with Crippen LogP contribution in [-0.4, -0.2) is 13.1 Å². The molecule has 158 valence electrons. The Kier molecular flexibility index (Phi) is 4.53. The standard InChI is InChI=1S/C30H28N2/c1-3-31-25-17-9-5-13-21(25)29(22-14-6-10-18-26(22)31)30-23-15-7-11-19-27(23)32(4-2)28-20-12-8-16-24(28)30/h5-13,15,17-20H,3-4,14,16H2,1-2H3. The largest absolute Gasteiger partial charge is 0.341 e. The summed E-state index contributed by atoms with van der Waals surface area (Å²) < 4.78 is 0. The fraction of sp³-hybridized carbons (Fsp3) is 0.200. The van der Waals surface area contributed by atoms with Crippen LogP contribution in [0.2, 0.25) is 0 Å². The zero-order valence-corrected chi connectivity index (χ0v) is 18.8. The molecule has 32 heavy (non-hydrogen) atoms. The second-order valence-corrected chi connectivity index (χ2v) is 8.60. The predicted molar refractivity (Wildman–Crippen MR) is 136 cm³/mol. The van der Waals surface area contributed by atoms with Gasteiger partial charge in [-0.3, -0.25) is 0 Å². The van der Waals surface area contributed by atoms with E-state index >= 15 is 0 Å². The molecule has 0 spiro atoms. The third-order valence-corrected chi connectivity index (χ3v) is 7.04. The molecule has 0 bridgehead atoms. The minimum absolute atomic E-state index is 0.966. The van der Waals surface area contributed by atoms with Gasteiger partial charge in [-0.2, -0.15) is 0 Å². The van der Waals surface area contributed by atoms with Crippen LogP contribution in [0.4, 0.5) is 11.4 Å². The molecule has 0 N–H and O–H groups in total. The van der Waals surface area contributed by atoms with E-state index in [4.69, 9.17) is 0 Å². The number of nitrogens with zero attached hydrogens (tertiary/aromatic N) is 2. The molecule has 0 saturated heterocycles. The molecule has 2 aromatic rings. The fourth-order valence-corrected chi connectivity index (χ4v) is 5.74. The van der Waals surface area contributed by atoms with Crippen LogP contribution in [0.1, 0.15) is 37.8 Å². The Labute approximate surface area is 190 Å². The zero-order valence-electron chi connectivity index (χ0n) is 18.8. The van der Waals surface area contributed by atoms with E-state index in [1.165, 1.54) is 56.2 Å². The molecule has 2 aliphatic carbocycles. The lowest BCUT2D eigenvalue weighted by Crippen LogP contribution is -2.31. The predicted octanol–water partition coefficient (Wildman–Crippen LogP) is 7.26. The molecule has 2 aromatic carbocycles. The Bertz CT molecular complexity index is 1190. The molecule has 6 rings (SSSR count). The van der Waals surface area contributed by atoms with Gasteiger partial charge in [0.15, 0.2) is 0 Å². The van der Waals surface area contributed by atoms with Gasteiger partial charge >= 0.3 is 0 Å². The van der Waals surface area contributed by atoms with Crippen LogP contribution in [0.3, 0.4) is 0 Å². The molecule has 2 heterocycles. The van der Waals surface area contributed by atoms with Crippen LogP contribution in [-0.2, 0) is 0 Å². The maximum atomic E-state index is 2.48. The second-order valence-electron chi connectivity index (χ2n) is 8.60. The fourth-order valence-electron chi connectivity index (χ4n) is 5.74. The van der Waals surface area contributed by atoms with Crippen molar-refractivity contribution in [3.05, 3.63) is 119 Å². The molecule has 0 unspecified atom stereocenters. The number of fused-ring (bicyclic) bond motifs is 4. The number of hydrogen-bond donors (Lipinski definition) is 0. The smallest absolute Gasteiger partial charge is 0.0490 e. The van der Waals surface area contributed by atoms with Gasteiger partial charge in [-0.25, -0.2) is 0 Å². The van der Waals surface area contributed by atoms with Gasteiger partial charge in [-0.1, -0.05) is 60.7 Å². The Morgan fingerprint density at radius 1 is 0.625 bits per heavy atom. The van der Waals surface area contributed by atoms with Gasteiger partial charge in [-0.15, -0.1) is 0 Å². The number of hydrogen-bond acceptors (Lipinski definition) is 2. The normalized spacial score (nSPS) is 18.7. The summed E-state index contributed by atoms with van der Waals surface area (Å²) >= 11 is 0. The van der Waals surface area contributed by atoms with E-state index in [1.54, 1.807) is 0 Å². The summed E-state index contributed by atoms with van der Waals surface area (Å²) in [4.78, 5) is 4.96. The Balaban J connectivity index is 1.72. The first kappa shape index (κ1) is 19.2. The zero-order chi connectivity index (χ0) is 21.7. The van der Waals surface area contributed by atoms with E-state index in [1.807, 2.05) is 0 Å². The van der Waals surface area contributed by atoms with Crippen molar-refractivity contribution in [2.75, 3.05) is 22.9 Å². The van der Waals surface area contributed by atoms with E-state index < -0.39 is 0 Å². The first-order chi connectivity index (χ1) is 15.8. The quantitative estimate of drug-likeness (QED) is 0.519. The minimum atomic E-state index is 0.966. The highest BCUT2D eigenvalue weighted by molar-refractivity contribution is 6.16. The lowest BCUT2D eigenvalue weighted by Gasteiger charge is -2.42. The van der Waals surface area contributed by atoms with Crippen LogP contribution in [0.15, 0.2) is 108 Å². The minimum Gasteiger partial charge on any atom is -0.341 e. The molecular formula is C30H28N2. The highest BCUT2D eigenvalue weighted by atomic mass is 15.2. The van der Waals surface area contributed by atoms with Gasteiger partial charge in [-0.05, 0) is 73.3 Å². The summed E-state index contributed by atoms with van der Waals surface area (Å²) in [6.45, 7) is 6.44. The van der Waals surface area contributed by atoms with Crippen molar-refractivity contribution in [3.63, 3.8) is 0 Å². The van der Waals surface area contributed by atoms with Gasteiger partial charge in [0.1, 0.15) is 0 Å². The summed E-state index contributed by atoms with van der Waals surface area (Å²) in [6, 6.07) is 17.9. The summed E-state index contributed by atoms with van der Waals surface area (Å²) in [7, 11) is 0. The topological polar surface area (TPSA) is 6.48 Å². The molecule has 2 aliphatic heterocycles. The second kappa shape index (κ2) is 7.56. The van der Waals surface area contributed by atoms with Crippen molar-refractivity contribution < 1.29 is 0 Å². The van der Waals surface area contributed by atoms with Gasteiger partial charge < -0.3 is 9.80 Å². The SMILES string of the molecule is CCN1C2=CC=CCC2=C(C2=C3CC=CC=C3N(CC)c3ccccc32)c2ccccc21.